The Kier molecular flexibility index (Phi) is 6.62. The van der Waals surface area contributed by atoms with Gasteiger partial charge < -0.3 is 10.2 Å². The predicted molar refractivity (Wildman–Crippen MR) is 61.6 cm³/mol. The molecule has 0 aromatic rings. The van der Waals surface area contributed by atoms with Gasteiger partial charge in [0.15, 0.2) is 0 Å². The van der Waals surface area contributed by atoms with Gasteiger partial charge in [-0.05, 0) is 12.8 Å². The van der Waals surface area contributed by atoms with E-state index in [1.807, 2.05) is 0 Å². The molecule has 0 heterocycles. The van der Waals surface area contributed by atoms with Gasteiger partial charge in [-0.1, -0.05) is 13.8 Å². The Hall–Kier alpha value is -1.36. The lowest BCUT2D eigenvalue weighted by atomic mass is 9.97. The average Bonchev–Trinajstić information content (AvgIpc) is 2.30. The fourth-order valence-corrected chi connectivity index (χ4v) is 1.79. The van der Waals surface area contributed by atoms with E-state index in [0.29, 0.717) is 4.90 Å². The molecule has 0 spiro atoms. The quantitative estimate of drug-likeness (QED) is 0.729. The molecule has 0 aliphatic carbocycles. The number of hydrogen-bond donors (Lipinski definition) is 1. The van der Waals surface area contributed by atoms with E-state index in [0.717, 1.165) is 0 Å². The highest BCUT2D eigenvalue weighted by atomic mass is 19.4. The van der Waals surface area contributed by atoms with Gasteiger partial charge in [-0.3, -0.25) is 0 Å². The molecule has 0 bridgehead atoms. The topological polar surface area (TPSA) is 32.3 Å². The fraction of sp³-hybridized carbons (Fsp3) is 0.909. The number of nitrogens with zero attached hydrogens (tertiary/aromatic N) is 1. The molecule has 1 N–H and O–H groups in total. The third kappa shape index (κ3) is 4.34. The van der Waals surface area contributed by atoms with E-state index in [1.165, 1.54) is 13.8 Å². The van der Waals surface area contributed by atoms with Crippen molar-refractivity contribution in [3.8, 4) is 0 Å². The van der Waals surface area contributed by atoms with Gasteiger partial charge in [0.05, 0.1) is 0 Å². The number of carbonyl (C=O) groups is 1. The second-order valence-corrected chi connectivity index (χ2v) is 4.66. The number of rotatable bonds is 5. The molecule has 0 aliphatic heterocycles. The van der Waals surface area contributed by atoms with E-state index in [-0.39, 0.29) is 31.2 Å². The summed E-state index contributed by atoms with van der Waals surface area (Å²) in [5.41, 5.74) is -6.33. The van der Waals surface area contributed by atoms with Gasteiger partial charge >= 0.3 is 30.1 Å². The molecule has 0 aromatic heterocycles. The van der Waals surface area contributed by atoms with Gasteiger partial charge in [-0.25, -0.2) is 4.79 Å². The second-order valence-electron chi connectivity index (χ2n) is 4.66. The highest BCUT2D eigenvalue weighted by Crippen LogP contribution is 2.52. The van der Waals surface area contributed by atoms with Gasteiger partial charge in [0.25, 0.3) is 0 Å². The molecular formula is C11H15F9N2O. The molecule has 0 radical (unpaired) electrons. The van der Waals surface area contributed by atoms with Crippen molar-refractivity contribution in [2.75, 3.05) is 13.1 Å². The van der Waals surface area contributed by atoms with Crippen LogP contribution in [0.15, 0.2) is 0 Å². The smallest absolute Gasteiger partial charge is 0.325 e. The van der Waals surface area contributed by atoms with Crippen LogP contribution in [0.1, 0.15) is 26.7 Å². The summed E-state index contributed by atoms with van der Waals surface area (Å²) in [6.07, 6.45) is -20.2. The summed E-state index contributed by atoms with van der Waals surface area (Å²) in [6, 6.07) is -2.08. The summed E-state index contributed by atoms with van der Waals surface area (Å²) in [5, 5.41) is 0.132. The number of halogens is 9. The molecule has 3 nitrogen and oxygen atoms in total. The van der Waals surface area contributed by atoms with Gasteiger partial charge in [0, 0.05) is 13.1 Å². The van der Waals surface area contributed by atoms with Gasteiger partial charge in [0.1, 0.15) is 0 Å². The van der Waals surface area contributed by atoms with Crippen LogP contribution in [0.3, 0.4) is 0 Å². The highest BCUT2D eigenvalue weighted by molar-refractivity contribution is 5.75. The third-order valence-corrected chi connectivity index (χ3v) is 2.84. The second kappa shape index (κ2) is 7.04. The molecule has 2 amide bonds. The molecule has 0 rings (SSSR count). The molecule has 0 unspecified atom stereocenters. The molecule has 0 saturated heterocycles. The van der Waals surface area contributed by atoms with E-state index in [2.05, 4.69) is 0 Å². The molecule has 138 valence electrons. The Balaban J connectivity index is 5.96. The van der Waals surface area contributed by atoms with Crippen molar-refractivity contribution in [2.24, 2.45) is 0 Å². The van der Waals surface area contributed by atoms with Crippen molar-refractivity contribution >= 4 is 6.03 Å². The van der Waals surface area contributed by atoms with E-state index in [1.54, 1.807) is 0 Å². The lowest BCUT2D eigenvalue weighted by molar-refractivity contribution is -0.386. The van der Waals surface area contributed by atoms with Crippen molar-refractivity contribution in [1.29, 1.82) is 0 Å². The Morgan fingerprint density at radius 1 is 0.783 bits per heavy atom. The largest absolute Gasteiger partial charge is 0.429 e. The molecule has 0 saturated carbocycles. The van der Waals surface area contributed by atoms with Crippen molar-refractivity contribution in [3.63, 3.8) is 0 Å². The van der Waals surface area contributed by atoms with Gasteiger partial charge in [-0.15, -0.1) is 0 Å². The van der Waals surface area contributed by atoms with Crippen molar-refractivity contribution in [3.05, 3.63) is 0 Å². The van der Waals surface area contributed by atoms with E-state index in [4.69, 9.17) is 0 Å². The van der Waals surface area contributed by atoms with Crippen molar-refractivity contribution in [1.82, 2.24) is 10.2 Å². The lowest BCUT2D eigenvalue weighted by Gasteiger charge is -2.40. The van der Waals surface area contributed by atoms with Crippen LogP contribution in [0.4, 0.5) is 44.3 Å². The molecule has 0 aliphatic rings. The van der Waals surface area contributed by atoms with E-state index >= 15 is 0 Å². The van der Waals surface area contributed by atoms with Crippen LogP contribution >= 0.6 is 0 Å². The maximum Gasteiger partial charge on any atom is 0.429 e. The van der Waals surface area contributed by atoms with Crippen LogP contribution in [0.2, 0.25) is 0 Å². The first-order valence-electron chi connectivity index (χ1n) is 6.43. The van der Waals surface area contributed by atoms with Crippen LogP contribution in [0.5, 0.6) is 0 Å². The summed E-state index contributed by atoms with van der Waals surface area (Å²) in [7, 11) is 0. The van der Waals surface area contributed by atoms with Crippen molar-refractivity contribution in [2.45, 2.75) is 50.8 Å². The summed E-state index contributed by atoms with van der Waals surface area (Å²) < 4.78 is 114. The molecule has 0 aromatic carbocycles. The zero-order valence-corrected chi connectivity index (χ0v) is 12.1. The molecule has 0 fully saturated rings. The fourth-order valence-electron chi connectivity index (χ4n) is 1.79. The summed E-state index contributed by atoms with van der Waals surface area (Å²) in [4.78, 5) is 12.1. The number of amides is 2. The monoisotopic (exact) mass is 362 g/mol. The molecule has 12 heteroatoms. The Labute approximate surface area is 125 Å². The van der Waals surface area contributed by atoms with Gasteiger partial charge in [-0.2, -0.15) is 39.5 Å². The van der Waals surface area contributed by atoms with Crippen molar-refractivity contribution < 1.29 is 44.3 Å². The van der Waals surface area contributed by atoms with Crippen LogP contribution in [0, 0.1) is 0 Å². The third-order valence-electron chi connectivity index (χ3n) is 2.84. The molecular weight excluding hydrogens is 347 g/mol. The SMILES string of the molecule is CCCN(CCC)C(=O)NC(C(F)(F)F)(C(F)(F)F)C(F)(F)F. The average molecular weight is 362 g/mol. The Morgan fingerprint density at radius 2 is 1.09 bits per heavy atom. The minimum absolute atomic E-state index is 0.132. The number of alkyl halides is 9. The molecule has 0 atom stereocenters. The normalized spacial score (nSPS) is 13.9. The first-order valence-corrected chi connectivity index (χ1v) is 6.43. The number of hydrogen-bond acceptors (Lipinski definition) is 1. The number of nitrogens with one attached hydrogen (secondary N) is 1. The zero-order valence-electron chi connectivity index (χ0n) is 12.1. The zero-order chi connectivity index (χ0) is 18.7. The first-order chi connectivity index (χ1) is 10.2. The minimum atomic E-state index is -6.82. The van der Waals surface area contributed by atoms with Crippen LogP contribution < -0.4 is 5.32 Å². The lowest BCUT2D eigenvalue weighted by Crippen LogP contribution is -2.76. The Bertz CT molecular complexity index is 358. The first kappa shape index (κ1) is 21.6. The van der Waals surface area contributed by atoms with Gasteiger partial charge in [0.2, 0.25) is 0 Å². The Morgan fingerprint density at radius 3 is 1.30 bits per heavy atom. The highest BCUT2D eigenvalue weighted by Gasteiger charge is 2.85. The maximum absolute atomic E-state index is 12.7. The van der Waals surface area contributed by atoms with Crippen LogP contribution in [0.25, 0.3) is 0 Å². The van der Waals surface area contributed by atoms with Crippen LogP contribution in [-0.4, -0.2) is 48.1 Å². The summed E-state index contributed by atoms with van der Waals surface area (Å²) in [6.45, 7) is 2.34. The van der Waals surface area contributed by atoms with E-state index in [9.17, 15) is 44.3 Å². The number of urea groups is 1. The molecule has 23 heavy (non-hydrogen) atoms. The summed E-state index contributed by atoms with van der Waals surface area (Å²) >= 11 is 0. The standard InChI is InChI=1S/C11H15F9N2O/c1-3-5-22(6-4-2)7(23)21-8(9(12,13)14,10(15,16)17)11(18,19)20/h3-6H2,1-2H3,(H,21,23). The van der Waals surface area contributed by atoms with E-state index < -0.39 is 30.1 Å². The predicted octanol–water partition coefficient (Wildman–Crippen LogP) is 4.24. The number of carbonyl (C=O) groups excluding carboxylic acids is 1. The van der Waals surface area contributed by atoms with Crippen LogP contribution in [-0.2, 0) is 0 Å². The summed E-state index contributed by atoms with van der Waals surface area (Å²) in [5.74, 6) is 0. The minimum Gasteiger partial charge on any atom is -0.325 e. The maximum atomic E-state index is 12.7.